The summed E-state index contributed by atoms with van der Waals surface area (Å²) in [6, 6.07) is 1.99. The average Bonchev–Trinajstić information content (AvgIpc) is 2.11. The van der Waals surface area contributed by atoms with E-state index < -0.39 is 7.14 Å². The van der Waals surface area contributed by atoms with Gasteiger partial charge in [0.1, 0.15) is 7.14 Å². The summed E-state index contributed by atoms with van der Waals surface area (Å²) in [5.74, 6) is 0. The third-order valence-corrected chi connectivity index (χ3v) is 4.64. The second-order valence-electron chi connectivity index (χ2n) is 2.46. The molecular weight excluding hydrogens is 278 g/mol. The van der Waals surface area contributed by atoms with Gasteiger partial charge in [-0.3, -0.25) is 0 Å². The SMILES string of the molecule is CP(C)(=O)c1csc(I)c1. The van der Waals surface area contributed by atoms with Crippen molar-refractivity contribution in [2.24, 2.45) is 0 Å². The standard InChI is InChI=1S/C6H8IOPS/c1-9(2,8)5-3-6(7)10-4-5/h3-4H,1-2H3. The molecule has 0 spiro atoms. The number of halogens is 1. The molecule has 10 heavy (non-hydrogen) atoms. The third-order valence-electron chi connectivity index (χ3n) is 1.18. The van der Waals surface area contributed by atoms with Gasteiger partial charge in [0.05, 0.1) is 2.88 Å². The van der Waals surface area contributed by atoms with Gasteiger partial charge < -0.3 is 4.57 Å². The smallest absolute Gasteiger partial charge is 0.110 e. The number of rotatable bonds is 1. The van der Waals surface area contributed by atoms with Gasteiger partial charge in [-0.2, -0.15) is 0 Å². The summed E-state index contributed by atoms with van der Waals surface area (Å²) >= 11 is 3.88. The fourth-order valence-electron chi connectivity index (χ4n) is 0.583. The van der Waals surface area contributed by atoms with Crippen molar-refractivity contribution in [3.05, 3.63) is 14.3 Å². The maximum atomic E-state index is 11.4. The molecule has 0 fully saturated rings. The largest absolute Gasteiger partial charge is 0.319 e. The molecule has 0 N–H and O–H groups in total. The fourth-order valence-corrected chi connectivity index (χ4v) is 3.74. The molecule has 0 radical (unpaired) electrons. The van der Waals surface area contributed by atoms with Crippen molar-refractivity contribution in [3.63, 3.8) is 0 Å². The van der Waals surface area contributed by atoms with Crippen molar-refractivity contribution >= 4 is 46.4 Å². The van der Waals surface area contributed by atoms with E-state index in [0.717, 1.165) is 5.30 Å². The molecule has 0 saturated heterocycles. The minimum atomic E-state index is -1.99. The quantitative estimate of drug-likeness (QED) is 0.573. The zero-order chi connectivity index (χ0) is 7.78. The van der Waals surface area contributed by atoms with Gasteiger partial charge in [-0.15, -0.1) is 11.3 Å². The van der Waals surface area contributed by atoms with Crippen molar-refractivity contribution in [2.45, 2.75) is 0 Å². The minimum absolute atomic E-state index is 1.00. The predicted molar refractivity (Wildman–Crippen MR) is 56.1 cm³/mol. The maximum Gasteiger partial charge on any atom is 0.110 e. The average molecular weight is 286 g/mol. The highest BCUT2D eigenvalue weighted by molar-refractivity contribution is 14.1. The Kier molecular flexibility index (Phi) is 2.59. The van der Waals surface area contributed by atoms with Crippen molar-refractivity contribution in [2.75, 3.05) is 13.3 Å². The van der Waals surface area contributed by atoms with E-state index in [1.165, 1.54) is 2.88 Å². The second-order valence-corrected chi connectivity index (χ2v) is 8.48. The molecule has 1 aromatic heterocycles. The molecule has 1 nitrogen and oxygen atoms in total. The molecule has 1 rings (SSSR count). The van der Waals surface area contributed by atoms with E-state index >= 15 is 0 Å². The summed E-state index contributed by atoms with van der Waals surface area (Å²) in [6.07, 6.45) is 0. The van der Waals surface area contributed by atoms with Crippen LogP contribution >= 0.6 is 41.1 Å². The first-order chi connectivity index (χ1) is 4.50. The second kappa shape index (κ2) is 2.95. The van der Waals surface area contributed by atoms with Crippen LogP contribution in [0.4, 0.5) is 0 Å². The zero-order valence-corrected chi connectivity index (χ0v) is 9.66. The van der Waals surface area contributed by atoms with E-state index in [4.69, 9.17) is 0 Å². The molecule has 56 valence electrons. The highest BCUT2D eigenvalue weighted by Gasteiger charge is 2.11. The van der Waals surface area contributed by atoms with Crippen molar-refractivity contribution in [1.29, 1.82) is 0 Å². The summed E-state index contributed by atoms with van der Waals surface area (Å²) in [5, 5.41) is 2.98. The summed E-state index contributed by atoms with van der Waals surface area (Å²) < 4.78 is 12.6. The lowest BCUT2D eigenvalue weighted by molar-refractivity contribution is 0.588. The van der Waals surface area contributed by atoms with Crippen LogP contribution in [-0.2, 0) is 4.57 Å². The van der Waals surface area contributed by atoms with Crippen LogP contribution in [0.1, 0.15) is 0 Å². The molecule has 0 saturated carbocycles. The molecule has 0 atom stereocenters. The molecular formula is C6H8IOPS. The van der Waals surface area contributed by atoms with Crippen LogP contribution < -0.4 is 5.30 Å². The van der Waals surface area contributed by atoms with Crippen LogP contribution in [0.15, 0.2) is 11.4 Å². The molecule has 1 heterocycles. The van der Waals surface area contributed by atoms with Crippen molar-refractivity contribution in [1.82, 2.24) is 0 Å². The molecule has 0 aliphatic carbocycles. The normalized spacial score (nSPS) is 11.9. The fraction of sp³-hybridized carbons (Fsp3) is 0.333. The summed E-state index contributed by atoms with van der Waals surface area (Å²) in [6.45, 7) is 3.59. The highest BCUT2D eigenvalue weighted by atomic mass is 127. The molecule has 0 aliphatic rings. The Bertz CT molecular complexity index is 275. The Morgan fingerprint density at radius 2 is 2.20 bits per heavy atom. The van der Waals surface area contributed by atoms with Gasteiger partial charge in [0.25, 0.3) is 0 Å². The van der Waals surface area contributed by atoms with Crippen LogP contribution in [0.3, 0.4) is 0 Å². The molecule has 0 aliphatic heterocycles. The molecule has 4 heteroatoms. The number of hydrogen-bond acceptors (Lipinski definition) is 2. The van der Waals surface area contributed by atoms with Crippen LogP contribution in [-0.4, -0.2) is 13.3 Å². The monoisotopic (exact) mass is 286 g/mol. The molecule has 1 aromatic rings. The highest BCUT2D eigenvalue weighted by Crippen LogP contribution is 2.36. The Balaban J connectivity index is 3.08. The maximum absolute atomic E-state index is 11.4. The first-order valence-electron chi connectivity index (χ1n) is 2.80. The lowest BCUT2D eigenvalue weighted by Crippen LogP contribution is -1.96. The Morgan fingerprint density at radius 3 is 2.40 bits per heavy atom. The van der Waals surface area contributed by atoms with Gasteiger partial charge in [-0.1, -0.05) is 0 Å². The Morgan fingerprint density at radius 1 is 1.60 bits per heavy atom. The number of hydrogen-bond donors (Lipinski definition) is 0. The van der Waals surface area contributed by atoms with Gasteiger partial charge in [0, 0.05) is 10.7 Å². The van der Waals surface area contributed by atoms with E-state index in [9.17, 15) is 4.57 Å². The lowest BCUT2D eigenvalue weighted by Gasteiger charge is -2.00. The summed E-state index contributed by atoms with van der Waals surface area (Å²) in [4.78, 5) is 0. The minimum Gasteiger partial charge on any atom is -0.319 e. The van der Waals surface area contributed by atoms with E-state index in [2.05, 4.69) is 22.6 Å². The predicted octanol–water partition coefficient (Wildman–Crippen LogP) is 2.60. The van der Waals surface area contributed by atoms with Crippen LogP contribution in [0.5, 0.6) is 0 Å². The summed E-state index contributed by atoms with van der Waals surface area (Å²) in [7, 11) is -1.99. The van der Waals surface area contributed by atoms with Gasteiger partial charge in [0.2, 0.25) is 0 Å². The first-order valence-corrected chi connectivity index (χ1v) is 7.36. The first kappa shape index (κ1) is 8.75. The van der Waals surface area contributed by atoms with Crippen LogP contribution in [0.2, 0.25) is 0 Å². The van der Waals surface area contributed by atoms with E-state index in [-0.39, 0.29) is 0 Å². The van der Waals surface area contributed by atoms with E-state index in [1.807, 2.05) is 11.4 Å². The van der Waals surface area contributed by atoms with Crippen LogP contribution in [0.25, 0.3) is 0 Å². The molecule has 0 bridgehead atoms. The Labute approximate surface area is 78.4 Å². The van der Waals surface area contributed by atoms with Crippen molar-refractivity contribution < 1.29 is 4.57 Å². The van der Waals surface area contributed by atoms with Crippen LogP contribution in [0, 0.1) is 2.88 Å². The zero-order valence-electron chi connectivity index (χ0n) is 5.80. The van der Waals surface area contributed by atoms with Gasteiger partial charge in [0.15, 0.2) is 0 Å². The van der Waals surface area contributed by atoms with E-state index in [1.54, 1.807) is 24.7 Å². The molecule has 0 unspecified atom stereocenters. The molecule has 0 aromatic carbocycles. The third kappa shape index (κ3) is 2.07. The van der Waals surface area contributed by atoms with Gasteiger partial charge in [-0.25, -0.2) is 0 Å². The van der Waals surface area contributed by atoms with E-state index in [0.29, 0.717) is 0 Å². The number of thiophene rings is 1. The van der Waals surface area contributed by atoms with Gasteiger partial charge in [-0.05, 0) is 42.0 Å². The Hall–Kier alpha value is 0.660. The van der Waals surface area contributed by atoms with Gasteiger partial charge >= 0.3 is 0 Å². The van der Waals surface area contributed by atoms with Crippen molar-refractivity contribution in [3.8, 4) is 0 Å². The summed E-state index contributed by atoms with van der Waals surface area (Å²) in [5.41, 5.74) is 0. The topological polar surface area (TPSA) is 17.1 Å². The lowest BCUT2D eigenvalue weighted by atomic mass is 10.7. The molecule has 0 amide bonds.